The lowest BCUT2D eigenvalue weighted by Gasteiger charge is -2.07. The van der Waals surface area contributed by atoms with Gasteiger partial charge in [0.05, 0.1) is 6.54 Å². The van der Waals surface area contributed by atoms with Gasteiger partial charge >= 0.3 is 0 Å². The summed E-state index contributed by atoms with van der Waals surface area (Å²) < 4.78 is 2.45. The number of thiol groups is 1. The van der Waals surface area contributed by atoms with Crippen LogP contribution in [-0.2, 0) is 4.79 Å². The number of hydrogen-bond donors (Lipinski definition) is 2. The van der Waals surface area contributed by atoms with E-state index in [4.69, 9.17) is 0 Å². The van der Waals surface area contributed by atoms with Crippen LogP contribution >= 0.6 is 12.8 Å². The minimum Gasteiger partial charge on any atom is -0.348 e. The highest BCUT2D eigenvalue weighted by Gasteiger charge is 1.98. The van der Waals surface area contributed by atoms with Crippen molar-refractivity contribution < 1.29 is 4.79 Å². The highest BCUT2D eigenvalue weighted by molar-refractivity contribution is 7.78. The van der Waals surface area contributed by atoms with Crippen LogP contribution in [0.4, 0.5) is 0 Å². The van der Waals surface area contributed by atoms with Crippen molar-refractivity contribution in [2.45, 2.75) is 0 Å². The van der Waals surface area contributed by atoms with Crippen molar-refractivity contribution in [1.29, 1.82) is 0 Å². The van der Waals surface area contributed by atoms with Crippen molar-refractivity contribution in [2.75, 3.05) is 20.6 Å². The Bertz CT molecular complexity index is 84.1. The van der Waals surface area contributed by atoms with E-state index in [1.54, 1.807) is 14.1 Å². The lowest BCUT2D eigenvalue weighted by atomic mass is 10.6. The molecule has 1 N–H and O–H groups in total. The average molecular weight is 134 g/mol. The summed E-state index contributed by atoms with van der Waals surface area (Å²) in [6.07, 6.45) is 0. The fraction of sp³-hybridized carbons (Fsp3) is 0.750. The van der Waals surface area contributed by atoms with E-state index < -0.39 is 0 Å². The summed E-state index contributed by atoms with van der Waals surface area (Å²) in [5.41, 5.74) is 0. The highest BCUT2D eigenvalue weighted by atomic mass is 32.1. The van der Waals surface area contributed by atoms with Crippen LogP contribution in [0.25, 0.3) is 0 Å². The molecule has 0 aliphatic heterocycles. The van der Waals surface area contributed by atoms with Gasteiger partial charge in [0, 0.05) is 14.1 Å². The molecule has 0 saturated heterocycles. The summed E-state index contributed by atoms with van der Waals surface area (Å²) in [6, 6.07) is 0. The van der Waals surface area contributed by atoms with Gasteiger partial charge in [0.2, 0.25) is 5.91 Å². The lowest BCUT2D eigenvalue weighted by molar-refractivity contribution is -0.127. The van der Waals surface area contributed by atoms with E-state index in [2.05, 4.69) is 17.5 Å². The van der Waals surface area contributed by atoms with Crippen LogP contribution in [0.2, 0.25) is 0 Å². The van der Waals surface area contributed by atoms with Gasteiger partial charge in [0.25, 0.3) is 0 Å². The van der Waals surface area contributed by atoms with E-state index in [1.807, 2.05) is 0 Å². The zero-order valence-corrected chi connectivity index (χ0v) is 5.90. The van der Waals surface area contributed by atoms with Crippen LogP contribution in [-0.4, -0.2) is 31.4 Å². The third-order valence-electron chi connectivity index (χ3n) is 0.729. The number of nitrogens with one attached hydrogen (secondary N) is 1. The highest BCUT2D eigenvalue weighted by Crippen LogP contribution is 1.74. The van der Waals surface area contributed by atoms with E-state index in [-0.39, 0.29) is 12.5 Å². The van der Waals surface area contributed by atoms with Crippen molar-refractivity contribution in [1.82, 2.24) is 9.62 Å². The van der Waals surface area contributed by atoms with E-state index >= 15 is 0 Å². The first-order valence-electron chi connectivity index (χ1n) is 2.25. The fourth-order valence-electron chi connectivity index (χ4n) is 0.226. The topological polar surface area (TPSA) is 32.3 Å². The normalized spacial score (nSPS) is 8.88. The molecule has 0 aromatic rings. The van der Waals surface area contributed by atoms with E-state index in [1.165, 1.54) is 4.90 Å². The monoisotopic (exact) mass is 134 g/mol. The van der Waals surface area contributed by atoms with Gasteiger partial charge in [0.15, 0.2) is 0 Å². The van der Waals surface area contributed by atoms with Gasteiger partial charge in [-0.3, -0.25) is 9.52 Å². The first kappa shape index (κ1) is 7.78. The molecule has 3 nitrogen and oxygen atoms in total. The molecule has 0 heterocycles. The molecule has 0 bridgehead atoms. The second-order valence-corrected chi connectivity index (χ2v) is 1.94. The van der Waals surface area contributed by atoms with Gasteiger partial charge in [-0.1, -0.05) is 12.8 Å². The first-order valence-corrected chi connectivity index (χ1v) is 2.70. The summed E-state index contributed by atoms with van der Waals surface area (Å²) in [6.45, 7) is 0.288. The Morgan fingerprint density at radius 1 is 1.75 bits per heavy atom. The molecule has 0 rings (SSSR count). The summed E-state index contributed by atoms with van der Waals surface area (Å²) >= 11 is 3.66. The van der Waals surface area contributed by atoms with Crippen LogP contribution in [0.5, 0.6) is 0 Å². The standard InChI is InChI=1S/C4H10N2OS/c1-6(2)4(7)3-5-8/h5,8H,3H2,1-2H3. The molecule has 48 valence electrons. The van der Waals surface area contributed by atoms with Gasteiger partial charge < -0.3 is 4.90 Å². The van der Waals surface area contributed by atoms with Crippen molar-refractivity contribution >= 4 is 18.7 Å². The SMILES string of the molecule is CN(C)C(=O)CNS. The minimum absolute atomic E-state index is 0.0278. The predicted octanol–water partition coefficient (Wildman–Crippen LogP) is -0.491. The second kappa shape index (κ2) is 3.74. The molecule has 0 fully saturated rings. The van der Waals surface area contributed by atoms with Crippen LogP contribution in [0.15, 0.2) is 0 Å². The van der Waals surface area contributed by atoms with Gasteiger partial charge in [0.1, 0.15) is 0 Å². The molecule has 0 saturated carbocycles. The average Bonchev–Trinajstić information content (AvgIpc) is 1.67. The zero-order valence-electron chi connectivity index (χ0n) is 5.01. The van der Waals surface area contributed by atoms with Crippen LogP contribution in [0, 0.1) is 0 Å². The van der Waals surface area contributed by atoms with Crippen LogP contribution < -0.4 is 4.72 Å². The maximum atomic E-state index is 10.6. The quantitative estimate of drug-likeness (QED) is 0.499. The lowest BCUT2D eigenvalue weighted by Crippen LogP contribution is -2.29. The van der Waals surface area contributed by atoms with Crippen molar-refractivity contribution in [3.63, 3.8) is 0 Å². The molecule has 0 aliphatic rings. The molecular weight excluding hydrogens is 124 g/mol. The maximum Gasteiger partial charge on any atom is 0.236 e. The molecule has 4 heteroatoms. The molecule has 0 unspecified atom stereocenters. The number of rotatable bonds is 2. The van der Waals surface area contributed by atoms with Gasteiger partial charge in [-0.15, -0.1) is 0 Å². The Morgan fingerprint density at radius 3 is 2.38 bits per heavy atom. The largest absolute Gasteiger partial charge is 0.348 e. The Morgan fingerprint density at radius 2 is 2.25 bits per heavy atom. The Balaban J connectivity index is 3.33. The molecule has 0 atom stereocenters. The van der Waals surface area contributed by atoms with Gasteiger partial charge in [-0.25, -0.2) is 0 Å². The Labute approximate surface area is 54.6 Å². The Hall–Kier alpha value is -0.220. The maximum absolute atomic E-state index is 10.6. The molecule has 0 aliphatic carbocycles. The van der Waals surface area contributed by atoms with Crippen LogP contribution in [0.3, 0.4) is 0 Å². The van der Waals surface area contributed by atoms with Gasteiger partial charge in [-0.2, -0.15) is 0 Å². The Kier molecular flexibility index (Phi) is 3.64. The first-order chi connectivity index (χ1) is 3.68. The molecule has 0 aromatic carbocycles. The van der Waals surface area contributed by atoms with Crippen molar-refractivity contribution in [3.05, 3.63) is 0 Å². The summed E-state index contributed by atoms with van der Waals surface area (Å²) in [7, 11) is 3.40. The zero-order chi connectivity index (χ0) is 6.57. The smallest absolute Gasteiger partial charge is 0.236 e. The number of nitrogens with zero attached hydrogens (tertiary/aromatic N) is 1. The summed E-state index contributed by atoms with van der Waals surface area (Å²) in [4.78, 5) is 12.1. The molecule has 8 heavy (non-hydrogen) atoms. The van der Waals surface area contributed by atoms with E-state index in [0.717, 1.165) is 0 Å². The minimum atomic E-state index is 0.0278. The number of amides is 1. The third-order valence-corrected chi connectivity index (χ3v) is 0.887. The van der Waals surface area contributed by atoms with Crippen molar-refractivity contribution in [3.8, 4) is 0 Å². The number of hydrogen-bond acceptors (Lipinski definition) is 3. The van der Waals surface area contributed by atoms with Crippen molar-refractivity contribution in [2.24, 2.45) is 0 Å². The summed E-state index contributed by atoms with van der Waals surface area (Å²) in [5, 5.41) is 0. The molecule has 0 aromatic heterocycles. The number of carbonyl (C=O) groups excluding carboxylic acids is 1. The van der Waals surface area contributed by atoms with E-state index in [0.29, 0.717) is 0 Å². The van der Waals surface area contributed by atoms with E-state index in [9.17, 15) is 4.79 Å². The second-order valence-electron chi connectivity index (χ2n) is 1.62. The molecular formula is C4H10N2OS. The predicted molar refractivity (Wildman–Crippen MR) is 35.7 cm³/mol. The third kappa shape index (κ3) is 2.87. The number of carbonyl (C=O) groups is 1. The fourth-order valence-corrected chi connectivity index (χ4v) is 0.361. The molecule has 1 amide bonds. The summed E-state index contributed by atoms with van der Waals surface area (Å²) in [5.74, 6) is 0.0278. The molecule has 0 radical (unpaired) electrons. The van der Waals surface area contributed by atoms with Crippen LogP contribution in [0.1, 0.15) is 0 Å². The van der Waals surface area contributed by atoms with Gasteiger partial charge in [-0.05, 0) is 0 Å². The molecule has 0 spiro atoms. The number of likely N-dealkylation sites (N-methyl/N-ethyl adjacent to an activating group) is 1.